The minimum Gasteiger partial charge on any atom is -0.494 e. The third-order valence-corrected chi connectivity index (χ3v) is 6.13. The van der Waals surface area contributed by atoms with E-state index in [0.717, 1.165) is 20.8 Å². The highest BCUT2D eigenvalue weighted by molar-refractivity contribution is 7.99. The summed E-state index contributed by atoms with van der Waals surface area (Å²) in [4.78, 5) is 22.1. The topological polar surface area (TPSA) is 92.8 Å². The monoisotopic (exact) mass is 417 g/mol. The Labute approximate surface area is 167 Å². The van der Waals surface area contributed by atoms with Gasteiger partial charge in [-0.1, -0.05) is 29.2 Å². The predicted octanol–water partition coefficient (Wildman–Crippen LogP) is 4.27. The number of carbonyl (C=O) groups excluding carboxylic acids is 1. The lowest BCUT2D eigenvalue weighted by Crippen LogP contribution is -2.13. The van der Waals surface area contributed by atoms with Crippen LogP contribution in [0.5, 0.6) is 5.75 Å². The summed E-state index contributed by atoms with van der Waals surface area (Å²) >= 11 is 4.28. The highest BCUT2D eigenvalue weighted by atomic mass is 32.2. The number of hydrogen-bond donors (Lipinski definition) is 2. The number of anilines is 1. The van der Waals surface area contributed by atoms with E-state index >= 15 is 0 Å². The van der Waals surface area contributed by atoms with Crippen LogP contribution in [0.1, 0.15) is 6.92 Å². The highest BCUT2D eigenvalue weighted by Crippen LogP contribution is 2.29. The molecule has 138 valence electrons. The van der Waals surface area contributed by atoms with Crippen molar-refractivity contribution in [1.82, 2.24) is 20.2 Å². The molecular formula is C17H15N5O2S3. The number of aromatic nitrogens is 4. The third-order valence-electron chi connectivity index (χ3n) is 3.47. The summed E-state index contributed by atoms with van der Waals surface area (Å²) in [6.07, 6.45) is 0. The molecule has 0 aliphatic carbocycles. The molecule has 2 N–H and O–H groups in total. The van der Waals surface area contributed by atoms with Crippen molar-refractivity contribution >= 4 is 55.7 Å². The number of aromatic amines is 1. The lowest BCUT2D eigenvalue weighted by molar-refractivity contribution is -0.113. The number of nitrogens with zero attached hydrogens (tertiary/aromatic N) is 3. The van der Waals surface area contributed by atoms with Crippen LogP contribution in [0.2, 0.25) is 0 Å². The van der Waals surface area contributed by atoms with Crippen molar-refractivity contribution in [1.29, 1.82) is 0 Å². The fourth-order valence-electron chi connectivity index (χ4n) is 2.33. The second-order valence-electron chi connectivity index (χ2n) is 5.36. The second-order valence-corrected chi connectivity index (χ2v) is 8.28. The van der Waals surface area contributed by atoms with Crippen LogP contribution in [-0.4, -0.2) is 38.4 Å². The van der Waals surface area contributed by atoms with Crippen LogP contribution in [0.4, 0.5) is 5.13 Å². The molecule has 1 amide bonds. The largest absolute Gasteiger partial charge is 0.494 e. The standard InChI is InChI=1S/C17H15N5O2S3/c1-2-24-10-5-6-11-13(8-10)27-16(18-11)19-14(23)9-26-17-20-15(21-22-17)12-4-3-7-25-12/h3-8H,2,9H2,1H3,(H,18,19,23)(H,20,21,22). The Balaban J connectivity index is 1.36. The van der Waals surface area contributed by atoms with E-state index in [-0.39, 0.29) is 11.7 Å². The van der Waals surface area contributed by atoms with Gasteiger partial charge in [-0.3, -0.25) is 9.89 Å². The number of fused-ring (bicyclic) bond motifs is 1. The number of carbonyl (C=O) groups is 1. The molecule has 0 radical (unpaired) electrons. The molecule has 0 unspecified atom stereocenters. The average Bonchev–Trinajstić information content (AvgIpc) is 3.39. The van der Waals surface area contributed by atoms with Crippen LogP contribution in [0, 0.1) is 0 Å². The number of thiazole rings is 1. The van der Waals surface area contributed by atoms with Gasteiger partial charge < -0.3 is 10.1 Å². The number of rotatable bonds is 7. The average molecular weight is 418 g/mol. The normalized spacial score (nSPS) is 11.0. The number of thioether (sulfide) groups is 1. The lowest BCUT2D eigenvalue weighted by atomic mass is 10.3. The predicted molar refractivity (Wildman–Crippen MR) is 110 cm³/mol. The maximum absolute atomic E-state index is 12.2. The Morgan fingerprint density at radius 3 is 3.07 bits per heavy atom. The molecule has 3 heterocycles. The van der Waals surface area contributed by atoms with E-state index in [9.17, 15) is 4.79 Å². The van der Waals surface area contributed by atoms with Gasteiger partial charge in [0.15, 0.2) is 11.0 Å². The second kappa shape index (κ2) is 8.07. The molecule has 0 fully saturated rings. The molecule has 10 heteroatoms. The quantitative estimate of drug-likeness (QED) is 0.436. The first-order valence-electron chi connectivity index (χ1n) is 8.13. The van der Waals surface area contributed by atoms with E-state index in [0.29, 0.717) is 22.7 Å². The van der Waals surface area contributed by atoms with Gasteiger partial charge in [-0.25, -0.2) is 9.97 Å². The molecule has 0 aliphatic heterocycles. The maximum atomic E-state index is 12.2. The first-order chi connectivity index (χ1) is 13.2. The number of amides is 1. The molecule has 3 aromatic heterocycles. The molecule has 0 saturated heterocycles. The van der Waals surface area contributed by atoms with Gasteiger partial charge in [-0.2, -0.15) is 0 Å². The SMILES string of the molecule is CCOc1ccc2nc(NC(=O)CSc3n[nH]c(-c4cccs4)n3)sc2c1. The van der Waals surface area contributed by atoms with Crippen LogP contribution in [0.25, 0.3) is 20.9 Å². The summed E-state index contributed by atoms with van der Waals surface area (Å²) in [7, 11) is 0. The number of nitrogens with one attached hydrogen (secondary N) is 2. The van der Waals surface area contributed by atoms with Gasteiger partial charge in [-0.05, 0) is 36.6 Å². The van der Waals surface area contributed by atoms with Gasteiger partial charge in [0.25, 0.3) is 0 Å². The van der Waals surface area contributed by atoms with Gasteiger partial charge >= 0.3 is 0 Å². The Hall–Kier alpha value is -2.43. The van der Waals surface area contributed by atoms with Crippen LogP contribution < -0.4 is 10.1 Å². The molecule has 0 spiro atoms. The van der Waals surface area contributed by atoms with Crippen molar-refractivity contribution in [2.45, 2.75) is 12.1 Å². The zero-order chi connectivity index (χ0) is 18.6. The van der Waals surface area contributed by atoms with Crippen LogP contribution >= 0.6 is 34.4 Å². The van der Waals surface area contributed by atoms with Crippen molar-refractivity contribution in [2.75, 3.05) is 17.7 Å². The van der Waals surface area contributed by atoms with Crippen molar-refractivity contribution in [3.05, 3.63) is 35.7 Å². The number of benzene rings is 1. The van der Waals surface area contributed by atoms with Gasteiger partial charge in [0, 0.05) is 0 Å². The van der Waals surface area contributed by atoms with Crippen molar-refractivity contribution in [2.24, 2.45) is 0 Å². The zero-order valence-corrected chi connectivity index (χ0v) is 16.7. The molecular weight excluding hydrogens is 402 g/mol. The summed E-state index contributed by atoms with van der Waals surface area (Å²) in [5.41, 5.74) is 0.834. The van der Waals surface area contributed by atoms with Gasteiger partial charge in [0.2, 0.25) is 11.1 Å². The summed E-state index contributed by atoms with van der Waals surface area (Å²) in [5, 5.41) is 12.9. The van der Waals surface area contributed by atoms with Crippen molar-refractivity contribution in [3.8, 4) is 16.5 Å². The number of H-pyrrole nitrogens is 1. The first kappa shape index (κ1) is 18.0. The van der Waals surface area contributed by atoms with Gasteiger partial charge in [-0.15, -0.1) is 16.4 Å². The summed E-state index contributed by atoms with van der Waals surface area (Å²) in [6.45, 7) is 2.55. The Bertz CT molecular complexity index is 1060. The molecule has 4 rings (SSSR count). The highest BCUT2D eigenvalue weighted by Gasteiger charge is 2.12. The van der Waals surface area contributed by atoms with E-state index in [4.69, 9.17) is 4.74 Å². The van der Waals surface area contributed by atoms with E-state index in [1.54, 1.807) is 11.3 Å². The number of hydrogen-bond acceptors (Lipinski definition) is 8. The van der Waals surface area contributed by atoms with Gasteiger partial charge in [0.05, 0.1) is 27.5 Å². The smallest absolute Gasteiger partial charge is 0.236 e. The Morgan fingerprint density at radius 2 is 2.26 bits per heavy atom. The van der Waals surface area contributed by atoms with Crippen molar-refractivity contribution in [3.63, 3.8) is 0 Å². The third kappa shape index (κ3) is 4.29. The molecule has 27 heavy (non-hydrogen) atoms. The number of thiophene rings is 1. The van der Waals surface area contributed by atoms with E-state index in [1.165, 1.54) is 23.1 Å². The summed E-state index contributed by atoms with van der Waals surface area (Å²) < 4.78 is 6.46. The molecule has 0 saturated carbocycles. The molecule has 0 atom stereocenters. The lowest BCUT2D eigenvalue weighted by Gasteiger charge is -2.00. The van der Waals surface area contributed by atoms with E-state index in [1.807, 2.05) is 42.6 Å². The van der Waals surface area contributed by atoms with E-state index in [2.05, 4.69) is 25.5 Å². The Kier molecular flexibility index (Phi) is 5.37. The summed E-state index contributed by atoms with van der Waals surface area (Å²) in [6, 6.07) is 9.62. The number of ether oxygens (including phenoxy) is 1. The van der Waals surface area contributed by atoms with E-state index < -0.39 is 0 Å². The fraction of sp³-hybridized carbons (Fsp3) is 0.176. The van der Waals surface area contributed by atoms with Crippen LogP contribution in [0.15, 0.2) is 40.9 Å². The van der Waals surface area contributed by atoms with Crippen LogP contribution in [0.3, 0.4) is 0 Å². The molecule has 0 aliphatic rings. The minimum atomic E-state index is -0.147. The molecule has 1 aromatic carbocycles. The van der Waals surface area contributed by atoms with Gasteiger partial charge in [0.1, 0.15) is 5.75 Å². The Morgan fingerprint density at radius 1 is 1.33 bits per heavy atom. The molecule has 4 aromatic rings. The first-order valence-corrected chi connectivity index (χ1v) is 10.8. The summed E-state index contributed by atoms with van der Waals surface area (Å²) in [5.74, 6) is 1.57. The van der Waals surface area contributed by atoms with Crippen molar-refractivity contribution < 1.29 is 9.53 Å². The fourth-order valence-corrected chi connectivity index (χ4v) is 4.51. The molecule has 0 bridgehead atoms. The van der Waals surface area contributed by atoms with Crippen LogP contribution in [-0.2, 0) is 4.79 Å². The minimum absolute atomic E-state index is 0.147. The molecule has 7 nitrogen and oxygen atoms in total. The zero-order valence-electron chi connectivity index (χ0n) is 14.3. The maximum Gasteiger partial charge on any atom is 0.236 e.